The number of hydrogen-bond acceptors (Lipinski definition) is 5. The fourth-order valence-electron chi connectivity index (χ4n) is 2.52. The fraction of sp³-hybridized carbons (Fsp3) is 0.538. The van der Waals surface area contributed by atoms with E-state index >= 15 is 0 Å². The van der Waals surface area contributed by atoms with E-state index in [2.05, 4.69) is 10.2 Å². The van der Waals surface area contributed by atoms with Gasteiger partial charge < -0.3 is 10.4 Å². The maximum absolute atomic E-state index is 10.8. The SMILES string of the molecule is Cl.O=[N+]([O-])c1cccc([C@@H](CCO)N2CCNCC2)c1. The lowest BCUT2D eigenvalue weighted by Gasteiger charge is -2.35. The van der Waals surface area contributed by atoms with E-state index in [1.807, 2.05) is 6.07 Å². The van der Waals surface area contributed by atoms with Crippen molar-refractivity contribution in [1.29, 1.82) is 0 Å². The first kappa shape index (κ1) is 16.8. The lowest BCUT2D eigenvalue weighted by Crippen LogP contribution is -2.45. The molecule has 0 bridgehead atoms. The van der Waals surface area contributed by atoms with Crippen LogP contribution in [0.3, 0.4) is 0 Å². The number of nitro benzene ring substituents is 1. The molecule has 0 aliphatic carbocycles. The zero-order valence-corrected chi connectivity index (χ0v) is 12.0. The lowest BCUT2D eigenvalue weighted by atomic mass is 10.0. The van der Waals surface area contributed by atoms with Crippen molar-refractivity contribution >= 4 is 18.1 Å². The van der Waals surface area contributed by atoms with E-state index < -0.39 is 0 Å². The van der Waals surface area contributed by atoms with Crippen molar-refractivity contribution in [2.24, 2.45) is 0 Å². The predicted molar refractivity (Wildman–Crippen MR) is 79.2 cm³/mol. The van der Waals surface area contributed by atoms with Gasteiger partial charge in [-0.05, 0) is 12.0 Å². The molecule has 0 amide bonds. The maximum Gasteiger partial charge on any atom is 0.269 e. The smallest absolute Gasteiger partial charge is 0.269 e. The number of piperazine rings is 1. The van der Waals surface area contributed by atoms with Crippen LogP contribution < -0.4 is 5.32 Å². The predicted octanol–water partition coefficient (Wildman–Crippen LogP) is 1.35. The minimum atomic E-state index is -0.378. The molecule has 1 aromatic carbocycles. The average Bonchev–Trinajstić information content (AvgIpc) is 2.46. The normalized spacial score (nSPS) is 17.2. The van der Waals surface area contributed by atoms with Crippen molar-refractivity contribution in [3.05, 3.63) is 39.9 Å². The van der Waals surface area contributed by atoms with Crippen molar-refractivity contribution in [2.45, 2.75) is 12.5 Å². The Morgan fingerprint density at radius 2 is 2.10 bits per heavy atom. The maximum atomic E-state index is 10.8. The largest absolute Gasteiger partial charge is 0.396 e. The van der Waals surface area contributed by atoms with E-state index in [0.29, 0.717) is 6.42 Å². The van der Waals surface area contributed by atoms with Crippen LogP contribution in [-0.2, 0) is 0 Å². The zero-order chi connectivity index (χ0) is 13.7. The Morgan fingerprint density at radius 3 is 2.70 bits per heavy atom. The minimum absolute atomic E-state index is 0. The van der Waals surface area contributed by atoms with Gasteiger partial charge in [0.15, 0.2) is 0 Å². The number of rotatable bonds is 5. The number of hydrogen-bond donors (Lipinski definition) is 2. The molecular weight excluding hydrogens is 282 g/mol. The Hall–Kier alpha value is -1.21. The first-order chi connectivity index (χ1) is 9.22. The molecule has 0 unspecified atom stereocenters. The number of halogens is 1. The molecule has 0 aromatic heterocycles. The highest BCUT2D eigenvalue weighted by molar-refractivity contribution is 5.85. The molecule has 0 saturated carbocycles. The lowest BCUT2D eigenvalue weighted by molar-refractivity contribution is -0.385. The quantitative estimate of drug-likeness (QED) is 0.634. The minimum Gasteiger partial charge on any atom is -0.396 e. The monoisotopic (exact) mass is 301 g/mol. The summed E-state index contributed by atoms with van der Waals surface area (Å²) in [6.45, 7) is 3.70. The third-order valence-corrected chi connectivity index (χ3v) is 3.46. The molecule has 0 spiro atoms. The van der Waals surface area contributed by atoms with E-state index in [-0.39, 0.29) is 35.7 Å². The number of nitro groups is 1. The van der Waals surface area contributed by atoms with Gasteiger partial charge in [-0.3, -0.25) is 15.0 Å². The molecule has 0 radical (unpaired) electrons. The van der Waals surface area contributed by atoms with Gasteiger partial charge in [-0.2, -0.15) is 0 Å². The highest BCUT2D eigenvalue weighted by Crippen LogP contribution is 2.27. The Morgan fingerprint density at radius 1 is 1.40 bits per heavy atom. The Kier molecular flexibility index (Phi) is 6.87. The molecule has 20 heavy (non-hydrogen) atoms. The molecule has 1 atom stereocenters. The molecule has 2 rings (SSSR count). The topological polar surface area (TPSA) is 78.6 Å². The summed E-state index contributed by atoms with van der Waals surface area (Å²) in [5.41, 5.74) is 1.01. The third-order valence-electron chi connectivity index (χ3n) is 3.46. The first-order valence-electron chi connectivity index (χ1n) is 6.52. The molecule has 7 heteroatoms. The second kappa shape index (κ2) is 8.16. The average molecular weight is 302 g/mol. The van der Waals surface area contributed by atoms with E-state index in [1.54, 1.807) is 12.1 Å². The third kappa shape index (κ3) is 4.14. The molecule has 1 heterocycles. The van der Waals surface area contributed by atoms with Crippen LogP contribution in [0.1, 0.15) is 18.0 Å². The van der Waals surface area contributed by atoms with Gasteiger partial charge >= 0.3 is 0 Å². The number of benzene rings is 1. The Bertz CT molecular complexity index is 439. The number of nitrogens with zero attached hydrogens (tertiary/aromatic N) is 2. The summed E-state index contributed by atoms with van der Waals surface area (Å²) in [5.74, 6) is 0. The standard InChI is InChI=1S/C13H19N3O3.ClH/c17-9-4-13(15-7-5-14-6-8-15)11-2-1-3-12(10-11)16(18)19;/h1-3,10,13-14,17H,4-9H2;1H/t13-;/m1./s1. The van der Waals surface area contributed by atoms with Crippen LogP contribution in [0.25, 0.3) is 0 Å². The molecule has 2 N–H and O–H groups in total. The van der Waals surface area contributed by atoms with Crippen molar-refractivity contribution in [3.8, 4) is 0 Å². The summed E-state index contributed by atoms with van der Waals surface area (Å²) in [7, 11) is 0. The zero-order valence-electron chi connectivity index (χ0n) is 11.2. The van der Waals surface area contributed by atoms with Crippen LogP contribution in [0.4, 0.5) is 5.69 Å². The van der Waals surface area contributed by atoms with Gasteiger partial charge in [0.2, 0.25) is 0 Å². The number of aliphatic hydroxyl groups excluding tert-OH is 1. The Labute approximate surface area is 124 Å². The molecule has 1 aromatic rings. The van der Waals surface area contributed by atoms with Gasteiger partial charge in [0.05, 0.1) is 4.92 Å². The van der Waals surface area contributed by atoms with Crippen LogP contribution in [0.2, 0.25) is 0 Å². The van der Waals surface area contributed by atoms with Gasteiger partial charge in [-0.1, -0.05) is 12.1 Å². The molecule has 1 saturated heterocycles. The first-order valence-corrected chi connectivity index (χ1v) is 6.52. The van der Waals surface area contributed by atoms with Crippen molar-refractivity contribution in [3.63, 3.8) is 0 Å². The van der Waals surface area contributed by atoms with Crippen LogP contribution >= 0.6 is 12.4 Å². The van der Waals surface area contributed by atoms with Gasteiger partial charge in [0.1, 0.15) is 0 Å². The van der Waals surface area contributed by atoms with E-state index in [1.165, 1.54) is 6.07 Å². The molecular formula is C13H20ClN3O3. The molecule has 1 fully saturated rings. The van der Waals surface area contributed by atoms with Crippen LogP contribution in [-0.4, -0.2) is 47.7 Å². The summed E-state index contributed by atoms with van der Waals surface area (Å²) in [6, 6.07) is 6.77. The molecule has 112 valence electrons. The second-order valence-corrected chi connectivity index (χ2v) is 4.67. The molecule has 1 aliphatic heterocycles. The number of nitrogens with one attached hydrogen (secondary N) is 1. The van der Waals surface area contributed by atoms with Crippen LogP contribution in [0, 0.1) is 10.1 Å². The highest BCUT2D eigenvalue weighted by Gasteiger charge is 2.22. The highest BCUT2D eigenvalue weighted by atomic mass is 35.5. The van der Waals surface area contributed by atoms with E-state index in [9.17, 15) is 15.2 Å². The van der Waals surface area contributed by atoms with Crippen LogP contribution in [0.5, 0.6) is 0 Å². The van der Waals surface area contributed by atoms with Crippen molar-refractivity contribution in [2.75, 3.05) is 32.8 Å². The number of non-ortho nitro benzene ring substituents is 1. The summed E-state index contributed by atoms with van der Waals surface area (Å²) in [5, 5.41) is 23.4. The van der Waals surface area contributed by atoms with E-state index in [4.69, 9.17) is 0 Å². The van der Waals surface area contributed by atoms with Gasteiger partial charge in [0.25, 0.3) is 5.69 Å². The molecule has 1 aliphatic rings. The summed E-state index contributed by atoms with van der Waals surface area (Å²) < 4.78 is 0. The van der Waals surface area contributed by atoms with Crippen molar-refractivity contribution < 1.29 is 10.0 Å². The molecule has 6 nitrogen and oxygen atoms in total. The van der Waals surface area contributed by atoms with E-state index in [0.717, 1.165) is 31.7 Å². The van der Waals surface area contributed by atoms with Gasteiger partial charge in [-0.15, -0.1) is 12.4 Å². The fourth-order valence-corrected chi connectivity index (χ4v) is 2.52. The van der Waals surface area contributed by atoms with Gasteiger partial charge in [-0.25, -0.2) is 0 Å². The van der Waals surface area contributed by atoms with Gasteiger partial charge in [0, 0.05) is 51.0 Å². The Balaban J connectivity index is 0.00000200. The number of aliphatic hydroxyl groups is 1. The van der Waals surface area contributed by atoms with Crippen LogP contribution in [0.15, 0.2) is 24.3 Å². The second-order valence-electron chi connectivity index (χ2n) is 4.67. The summed E-state index contributed by atoms with van der Waals surface area (Å²) in [6.07, 6.45) is 0.598. The summed E-state index contributed by atoms with van der Waals surface area (Å²) in [4.78, 5) is 12.7. The van der Waals surface area contributed by atoms with Crippen molar-refractivity contribution in [1.82, 2.24) is 10.2 Å². The summed E-state index contributed by atoms with van der Waals surface area (Å²) >= 11 is 0.